The van der Waals surface area contributed by atoms with Gasteiger partial charge in [0.15, 0.2) is 0 Å². The number of aromatic carboxylic acids is 1. The van der Waals surface area contributed by atoms with Crippen molar-refractivity contribution in [3.05, 3.63) is 77.1 Å². The predicted molar refractivity (Wildman–Crippen MR) is 120 cm³/mol. The number of rotatable bonds is 4. The van der Waals surface area contributed by atoms with Crippen molar-refractivity contribution in [1.82, 2.24) is 4.98 Å². The highest BCUT2D eigenvalue weighted by Crippen LogP contribution is 2.37. The SMILES string of the molecule is O=C1Nc2ccc(S(=O)(=O)N3CCCc4ccccc43)cc2C1=Cc1ccc(C(=O)O)[nH]1. The number of para-hydroxylation sites is 1. The van der Waals surface area contributed by atoms with Gasteiger partial charge in [-0.05, 0) is 60.9 Å². The number of aromatic amines is 1. The number of H-pyrrole nitrogens is 1. The van der Waals surface area contributed by atoms with Crippen LogP contribution in [0.4, 0.5) is 11.4 Å². The first-order chi connectivity index (χ1) is 15.3. The molecule has 0 fully saturated rings. The summed E-state index contributed by atoms with van der Waals surface area (Å²) in [5.41, 5.74) is 3.31. The van der Waals surface area contributed by atoms with Crippen molar-refractivity contribution in [2.75, 3.05) is 16.2 Å². The number of carbonyl (C=O) groups is 2. The highest BCUT2D eigenvalue weighted by molar-refractivity contribution is 7.92. The van der Waals surface area contributed by atoms with Crippen LogP contribution >= 0.6 is 0 Å². The van der Waals surface area contributed by atoms with Crippen molar-refractivity contribution < 1.29 is 23.1 Å². The maximum atomic E-state index is 13.5. The van der Waals surface area contributed by atoms with E-state index < -0.39 is 16.0 Å². The van der Waals surface area contributed by atoms with Gasteiger partial charge in [-0.1, -0.05) is 18.2 Å². The molecule has 9 heteroatoms. The van der Waals surface area contributed by atoms with Crippen LogP contribution in [-0.4, -0.2) is 36.9 Å². The fourth-order valence-corrected chi connectivity index (χ4v) is 5.69. The lowest BCUT2D eigenvalue weighted by Gasteiger charge is -2.30. The molecule has 0 aliphatic carbocycles. The van der Waals surface area contributed by atoms with Gasteiger partial charge in [0, 0.05) is 23.5 Å². The van der Waals surface area contributed by atoms with Crippen LogP contribution in [0.1, 0.15) is 33.7 Å². The fraction of sp³-hybridized carbons (Fsp3) is 0.130. The van der Waals surface area contributed by atoms with Crippen LogP contribution < -0.4 is 9.62 Å². The van der Waals surface area contributed by atoms with Crippen LogP contribution in [0, 0.1) is 0 Å². The Hall–Kier alpha value is -3.85. The molecule has 32 heavy (non-hydrogen) atoms. The lowest BCUT2D eigenvalue weighted by molar-refractivity contribution is -0.110. The third kappa shape index (κ3) is 3.27. The van der Waals surface area contributed by atoms with Gasteiger partial charge in [0.2, 0.25) is 0 Å². The van der Waals surface area contributed by atoms with E-state index in [9.17, 15) is 18.0 Å². The maximum absolute atomic E-state index is 13.5. The smallest absolute Gasteiger partial charge is 0.352 e. The van der Waals surface area contributed by atoms with Crippen molar-refractivity contribution >= 4 is 44.9 Å². The molecular formula is C23H19N3O5S. The molecule has 2 aromatic carbocycles. The van der Waals surface area contributed by atoms with Crippen molar-refractivity contribution in [2.45, 2.75) is 17.7 Å². The molecule has 0 radical (unpaired) electrons. The first-order valence-electron chi connectivity index (χ1n) is 10.0. The van der Waals surface area contributed by atoms with Crippen LogP contribution in [0.3, 0.4) is 0 Å². The minimum absolute atomic E-state index is 0.00410. The number of nitrogens with one attached hydrogen (secondary N) is 2. The summed E-state index contributed by atoms with van der Waals surface area (Å²) in [4.78, 5) is 26.4. The first-order valence-corrected chi connectivity index (χ1v) is 11.5. The van der Waals surface area contributed by atoms with E-state index in [2.05, 4.69) is 10.3 Å². The summed E-state index contributed by atoms with van der Waals surface area (Å²) in [6, 6.07) is 15.0. The number of anilines is 2. The second-order valence-corrected chi connectivity index (χ2v) is 9.52. The number of aryl methyl sites for hydroxylation is 1. The lowest BCUT2D eigenvalue weighted by Crippen LogP contribution is -2.35. The molecule has 0 unspecified atom stereocenters. The average molecular weight is 449 g/mol. The monoisotopic (exact) mass is 449 g/mol. The molecular weight excluding hydrogens is 430 g/mol. The van der Waals surface area contributed by atoms with Gasteiger partial charge in [0.25, 0.3) is 15.9 Å². The fourth-order valence-electron chi connectivity index (χ4n) is 4.12. The van der Waals surface area contributed by atoms with E-state index in [0.717, 1.165) is 18.4 Å². The summed E-state index contributed by atoms with van der Waals surface area (Å²) in [6.07, 6.45) is 3.07. The van der Waals surface area contributed by atoms with Crippen molar-refractivity contribution in [3.63, 3.8) is 0 Å². The van der Waals surface area contributed by atoms with Gasteiger partial charge >= 0.3 is 5.97 Å². The minimum Gasteiger partial charge on any atom is -0.477 e. The molecule has 1 amide bonds. The summed E-state index contributed by atoms with van der Waals surface area (Å²) in [5.74, 6) is -1.49. The normalized spacial score (nSPS) is 16.6. The summed E-state index contributed by atoms with van der Waals surface area (Å²) in [5, 5.41) is 11.8. The molecule has 0 saturated carbocycles. The van der Waals surface area contributed by atoms with Gasteiger partial charge in [-0.3, -0.25) is 9.10 Å². The zero-order valence-electron chi connectivity index (χ0n) is 16.8. The zero-order chi connectivity index (χ0) is 22.5. The van der Waals surface area contributed by atoms with Gasteiger partial charge in [-0.2, -0.15) is 0 Å². The molecule has 8 nitrogen and oxygen atoms in total. The van der Waals surface area contributed by atoms with Crippen LogP contribution in [0.2, 0.25) is 0 Å². The summed E-state index contributed by atoms with van der Waals surface area (Å²) in [6.45, 7) is 0.386. The zero-order valence-corrected chi connectivity index (χ0v) is 17.6. The molecule has 2 aliphatic heterocycles. The predicted octanol–water partition coefficient (Wildman–Crippen LogP) is 3.35. The van der Waals surface area contributed by atoms with Crippen LogP contribution in [0.15, 0.2) is 59.5 Å². The van der Waals surface area contributed by atoms with Gasteiger partial charge in [0.1, 0.15) is 5.69 Å². The Morgan fingerprint density at radius 2 is 1.91 bits per heavy atom. The molecule has 0 spiro atoms. The van der Waals surface area contributed by atoms with E-state index >= 15 is 0 Å². The maximum Gasteiger partial charge on any atom is 0.352 e. The van der Waals surface area contributed by atoms with Gasteiger partial charge in [-0.15, -0.1) is 0 Å². The number of amides is 1. The number of carboxylic acid groups (broad SMARTS) is 1. The van der Waals surface area contributed by atoms with Gasteiger partial charge < -0.3 is 15.4 Å². The average Bonchev–Trinajstić information content (AvgIpc) is 3.38. The van der Waals surface area contributed by atoms with E-state index in [4.69, 9.17) is 5.11 Å². The summed E-state index contributed by atoms with van der Waals surface area (Å²) in [7, 11) is -3.84. The standard InChI is InChI=1S/C23H19N3O5S/c27-22-18(12-15-7-9-20(24-15)23(28)29)17-13-16(8-10-19(17)25-22)32(30,31)26-11-3-5-14-4-1-2-6-21(14)26/h1-2,4,6-10,12-13,24H,3,5,11H2,(H,25,27)(H,28,29). The quantitative estimate of drug-likeness (QED) is 0.528. The van der Waals surface area contributed by atoms with Gasteiger partial charge in [0.05, 0.1) is 16.2 Å². The molecule has 0 atom stereocenters. The molecule has 3 aromatic rings. The van der Waals surface area contributed by atoms with Crippen molar-refractivity contribution in [2.24, 2.45) is 0 Å². The molecule has 3 N–H and O–H groups in total. The topological polar surface area (TPSA) is 120 Å². The lowest BCUT2D eigenvalue weighted by atomic mass is 10.0. The Morgan fingerprint density at radius 3 is 2.69 bits per heavy atom. The van der Waals surface area contributed by atoms with Crippen LogP contribution in [-0.2, 0) is 21.2 Å². The number of carboxylic acids is 1. The van der Waals surface area contributed by atoms with Crippen molar-refractivity contribution in [3.8, 4) is 0 Å². The van der Waals surface area contributed by atoms with E-state index in [1.807, 2.05) is 18.2 Å². The van der Waals surface area contributed by atoms with Crippen molar-refractivity contribution in [1.29, 1.82) is 0 Å². The number of hydrogen-bond donors (Lipinski definition) is 3. The Balaban J connectivity index is 1.56. The Labute approximate surface area is 184 Å². The molecule has 1 aromatic heterocycles. The molecule has 0 saturated heterocycles. The number of benzene rings is 2. The van der Waals surface area contributed by atoms with E-state index in [0.29, 0.717) is 29.2 Å². The second kappa shape index (κ2) is 7.38. The third-order valence-electron chi connectivity index (χ3n) is 5.67. The Bertz CT molecular complexity index is 1400. The first kappa shape index (κ1) is 20.1. The number of sulfonamides is 1. The van der Waals surface area contributed by atoms with Crippen LogP contribution in [0.5, 0.6) is 0 Å². The van der Waals surface area contributed by atoms with E-state index in [1.54, 1.807) is 18.2 Å². The Morgan fingerprint density at radius 1 is 1.09 bits per heavy atom. The minimum atomic E-state index is -3.84. The third-order valence-corrected chi connectivity index (χ3v) is 7.48. The number of aromatic nitrogens is 1. The highest BCUT2D eigenvalue weighted by Gasteiger charge is 2.32. The second-order valence-electron chi connectivity index (χ2n) is 7.66. The van der Waals surface area contributed by atoms with Gasteiger partial charge in [-0.25, -0.2) is 13.2 Å². The molecule has 2 aliphatic rings. The molecule has 5 rings (SSSR count). The summed E-state index contributed by atoms with van der Waals surface area (Å²) >= 11 is 0. The number of carbonyl (C=O) groups excluding carboxylic acids is 1. The number of hydrogen-bond acceptors (Lipinski definition) is 4. The Kier molecular flexibility index (Phi) is 4.63. The molecule has 0 bridgehead atoms. The highest BCUT2D eigenvalue weighted by atomic mass is 32.2. The number of nitrogens with zero attached hydrogens (tertiary/aromatic N) is 1. The van der Waals surface area contributed by atoms with E-state index in [-0.39, 0.29) is 22.1 Å². The number of fused-ring (bicyclic) bond motifs is 2. The van der Waals surface area contributed by atoms with Crippen LogP contribution in [0.25, 0.3) is 11.6 Å². The largest absolute Gasteiger partial charge is 0.477 e. The molecule has 162 valence electrons. The molecule has 3 heterocycles. The summed E-state index contributed by atoms with van der Waals surface area (Å²) < 4.78 is 28.4. The van der Waals surface area contributed by atoms with E-state index in [1.165, 1.54) is 28.6 Å².